The second-order valence-electron chi connectivity index (χ2n) is 4.47. The van der Waals surface area contributed by atoms with E-state index in [0.717, 1.165) is 6.54 Å². The number of carbonyl (C=O) groups excluding carboxylic acids is 1. The molecule has 7 nitrogen and oxygen atoms in total. The summed E-state index contributed by atoms with van der Waals surface area (Å²) in [4.78, 5) is 17.5. The monoisotopic (exact) mass is 282 g/mol. The average molecular weight is 282 g/mol. The van der Waals surface area contributed by atoms with E-state index in [2.05, 4.69) is 15.0 Å². The van der Waals surface area contributed by atoms with Crippen LogP contribution in [0.2, 0.25) is 0 Å². The van der Waals surface area contributed by atoms with Crippen molar-refractivity contribution >= 4 is 17.5 Å². The molecule has 0 bridgehead atoms. The van der Waals surface area contributed by atoms with Gasteiger partial charge in [0.2, 0.25) is 0 Å². The maximum Gasteiger partial charge on any atom is 0.356 e. The van der Waals surface area contributed by atoms with Gasteiger partial charge in [-0.2, -0.15) is 0 Å². The van der Waals surface area contributed by atoms with Gasteiger partial charge in [0.1, 0.15) is 5.82 Å². The lowest BCUT2D eigenvalue weighted by molar-refractivity contribution is 0.0594. The van der Waals surface area contributed by atoms with Crippen molar-refractivity contribution in [1.82, 2.24) is 9.88 Å². The van der Waals surface area contributed by atoms with Gasteiger partial charge in [0.15, 0.2) is 5.69 Å². The van der Waals surface area contributed by atoms with Gasteiger partial charge in [0.05, 0.1) is 26.0 Å². The van der Waals surface area contributed by atoms with Crippen molar-refractivity contribution in [3.63, 3.8) is 0 Å². The predicted molar refractivity (Wildman–Crippen MR) is 77.9 cm³/mol. The molecule has 0 aliphatic rings. The molecule has 0 aliphatic carbocycles. The number of anilines is 2. The molecule has 0 radical (unpaired) electrons. The van der Waals surface area contributed by atoms with E-state index in [0.29, 0.717) is 31.3 Å². The number of hydrogen-bond acceptors (Lipinski definition) is 7. The molecule has 3 N–H and O–H groups in total. The highest BCUT2D eigenvalue weighted by Gasteiger charge is 2.09. The Morgan fingerprint density at radius 2 is 2.15 bits per heavy atom. The van der Waals surface area contributed by atoms with Crippen LogP contribution in [-0.2, 0) is 9.47 Å². The van der Waals surface area contributed by atoms with Crippen molar-refractivity contribution in [3.8, 4) is 0 Å². The minimum Gasteiger partial charge on any atom is -0.464 e. The summed E-state index contributed by atoms with van der Waals surface area (Å²) in [5, 5.41) is 3.04. The molecule has 0 aromatic carbocycles. The Labute approximate surface area is 119 Å². The van der Waals surface area contributed by atoms with Gasteiger partial charge in [0, 0.05) is 13.1 Å². The first kappa shape index (κ1) is 16.2. The Bertz CT molecular complexity index is 438. The first-order valence-electron chi connectivity index (χ1n) is 6.35. The zero-order valence-electron chi connectivity index (χ0n) is 12.2. The van der Waals surface area contributed by atoms with Gasteiger partial charge in [-0.1, -0.05) is 0 Å². The number of aromatic nitrogens is 1. The number of methoxy groups -OCH3 is 1. The normalized spacial score (nSPS) is 10.6. The van der Waals surface area contributed by atoms with Gasteiger partial charge in [-0.15, -0.1) is 0 Å². The maximum absolute atomic E-state index is 11.4. The summed E-state index contributed by atoms with van der Waals surface area (Å²) in [5.74, 6) is -0.0283. The Kier molecular flexibility index (Phi) is 6.75. The van der Waals surface area contributed by atoms with Crippen molar-refractivity contribution in [2.75, 3.05) is 58.6 Å². The molecule has 1 rings (SSSR count). The number of nitrogens with two attached hydrogens (primary N) is 1. The fourth-order valence-corrected chi connectivity index (χ4v) is 1.42. The highest BCUT2D eigenvalue weighted by Crippen LogP contribution is 2.15. The van der Waals surface area contributed by atoms with Crippen LogP contribution in [0, 0.1) is 0 Å². The number of carbonyl (C=O) groups is 1. The molecule has 0 saturated carbocycles. The second-order valence-corrected chi connectivity index (χ2v) is 4.47. The fraction of sp³-hybridized carbons (Fsp3) is 0.538. The Morgan fingerprint density at radius 1 is 1.40 bits per heavy atom. The first-order valence-corrected chi connectivity index (χ1v) is 6.35. The molecule has 1 aromatic rings. The van der Waals surface area contributed by atoms with Crippen LogP contribution in [-0.4, -0.2) is 63.4 Å². The molecule has 112 valence electrons. The quantitative estimate of drug-likeness (QED) is 0.528. The third-order valence-corrected chi connectivity index (χ3v) is 2.54. The summed E-state index contributed by atoms with van der Waals surface area (Å²) >= 11 is 0. The first-order chi connectivity index (χ1) is 9.54. The standard InChI is InChI=1S/C13H22N4O3/c1-17(2)7-9-20-8-6-15-12-10(14)4-5-11(16-12)13(18)19-3/h4-5H,6-9,14H2,1-3H3,(H,15,16). The molecule has 0 amide bonds. The van der Waals surface area contributed by atoms with Crippen LogP contribution in [0.25, 0.3) is 0 Å². The summed E-state index contributed by atoms with van der Waals surface area (Å²) in [6.45, 7) is 2.64. The molecular weight excluding hydrogens is 260 g/mol. The van der Waals surface area contributed by atoms with Crippen LogP contribution in [0.3, 0.4) is 0 Å². The third kappa shape index (κ3) is 5.41. The second kappa shape index (κ2) is 8.34. The van der Waals surface area contributed by atoms with Crippen LogP contribution < -0.4 is 11.1 Å². The summed E-state index contributed by atoms with van der Waals surface area (Å²) < 4.78 is 10.1. The predicted octanol–water partition coefficient (Wildman–Crippen LogP) is 0.441. The summed E-state index contributed by atoms with van der Waals surface area (Å²) in [6.07, 6.45) is 0. The zero-order valence-corrected chi connectivity index (χ0v) is 12.2. The Hall–Kier alpha value is -1.86. The smallest absolute Gasteiger partial charge is 0.356 e. The lowest BCUT2D eigenvalue weighted by Crippen LogP contribution is -2.20. The van der Waals surface area contributed by atoms with Gasteiger partial charge >= 0.3 is 5.97 Å². The van der Waals surface area contributed by atoms with Crippen LogP contribution >= 0.6 is 0 Å². The van der Waals surface area contributed by atoms with E-state index in [1.54, 1.807) is 6.07 Å². The molecule has 20 heavy (non-hydrogen) atoms. The van der Waals surface area contributed by atoms with Gasteiger partial charge in [-0.25, -0.2) is 9.78 Å². The minimum atomic E-state index is -0.490. The van der Waals surface area contributed by atoms with E-state index < -0.39 is 5.97 Å². The molecule has 0 aliphatic heterocycles. The summed E-state index contributed by atoms with van der Waals surface area (Å²) in [7, 11) is 5.29. The highest BCUT2D eigenvalue weighted by atomic mass is 16.5. The minimum absolute atomic E-state index is 0.220. The summed E-state index contributed by atoms with van der Waals surface area (Å²) in [5.41, 5.74) is 6.48. The molecule has 0 saturated heterocycles. The van der Waals surface area contributed by atoms with E-state index in [9.17, 15) is 4.79 Å². The largest absolute Gasteiger partial charge is 0.464 e. The number of esters is 1. The van der Waals surface area contributed by atoms with Crippen molar-refractivity contribution in [3.05, 3.63) is 17.8 Å². The number of rotatable bonds is 8. The van der Waals surface area contributed by atoms with Gasteiger partial charge in [-0.05, 0) is 26.2 Å². The van der Waals surface area contributed by atoms with E-state index >= 15 is 0 Å². The number of nitrogen functional groups attached to an aromatic ring is 1. The number of nitrogens with zero attached hydrogens (tertiary/aromatic N) is 2. The van der Waals surface area contributed by atoms with E-state index in [-0.39, 0.29) is 5.69 Å². The van der Waals surface area contributed by atoms with E-state index in [1.165, 1.54) is 13.2 Å². The third-order valence-electron chi connectivity index (χ3n) is 2.54. The van der Waals surface area contributed by atoms with Crippen molar-refractivity contribution in [2.24, 2.45) is 0 Å². The molecule has 1 aromatic heterocycles. The molecule has 1 heterocycles. The topological polar surface area (TPSA) is 89.7 Å². The average Bonchev–Trinajstić information content (AvgIpc) is 2.43. The van der Waals surface area contributed by atoms with Crippen molar-refractivity contribution < 1.29 is 14.3 Å². The van der Waals surface area contributed by atoms with Crippen LogP contribution in [0.5, 0.6) is 0 Å². The van der Waals surface area contributed by atoms with Crippen LogP contribution in [0.15, 0.2) is 12.1 Å². The van der Waals surface area contributed by atoms with Crippen molar-refractivity contribution in [2.45, 2.75) is 0 Å². The van der Waals surface area contributed by atoms with Crippen LogP contribution in [0.1, 0.15) is 10.5 Å². The van der Waals surface area contributed by atoms with Crippen molar-refractivity contribution in [1.29, 1.82) is 0 Å². The molecule has 0 fully saturated rings. The number of likely N-dealkylation sites (N-methyl/N-ethyl adjacent to an activating group) is 1. The van der Waals surface area contributed by atoms with Crippen LogP contribution in [0.4, 0.5) is 11.5 Å². The fourth-order valence-electron chi connectivity index (χ4n) is 1.42. The number of hydrogen-bond donors (Lipinski definition) is 2. The van der Waals surface area contributed by atoms with Gasteiger partial charge < -0.3 is 25.4 Å². The Morgan fingerprint density at radius 3 is 2.80 bits per heavy atom. The molecule has 0 spiro atoms. The highest BCUT2D eigenvalue weighted by molar-refractivity contribution is 5.88. The van der Waals surface area contributed by atoms with E-state index in [4.69, 9.17) is 10.5 Å². The number of ether oxygens (including phenoxy) is 2. The Balaban J connectivity index is 2.41. The number of pyridine rings is 1. The van der Waals surface area contributed by atoms with Gasteiger partial charge in [-0.3, -0.25) is 0 Å². The number of nitrogens with one attached hydrogen (secondary N) is 1. The molecule has 7 heteroatoms. The SMILES string of the molecule is COC(=O)c1ccc(N)c(NCCOCCN(C)C)n1. The van der Waals surface area contributed by atoms with Gasteiger partial charge in [0.25, 0.3) is 0 Å². The zero-order chi connectivity index (χ0) is 15.0. The van der Waals surface area contributed by atoms with E-state index in [1.807, 2.05) is 19.0 Å². The molecular formula is C13H22N4O3. The molecule has 0 unspecified atom stereocenters. The lowest BCUT2D eigenvalue weighted by Gasteiger charge is -2.11. The molecule has 0 atom stereocenters. The summed E-state index contributed by atoms with van der Waals surface area (Å²) in [6, 6.07) is 3.15. The lowest BCUT2D eigenvalue weighted by atomic mass is 10.3. The maximum atomic E-state index is 11.4.